The Kier molecular flexibility index (Phi) is 4.19. The van der Waals surface area contributed by atoms with E-state index >= 15 is 0 Å². The number of piperazine rings is 1. The molecule has 1 fully saturated rings. The van der Waals surface area contributed by atoms with Gasteiger partial charge >= 0.3 is 0 Å². The Bertz CT molecular complexity index is 890. The Morgan fingerprint density at radius 2 is 1.88 bits per heavy atom. The van der Waals surface area contributed by atoms with Gasteiger partial charge in [-0.2, -0.15) is 0 Å². The third kappa shape index (κ3) is 3.13. The number of aryl methyl sites for hydroxylation is 1. The topological polar surface area (TPSA) is 49.8 Å². The number of hydrogen-bond acceptors (Lipinski definition) is 4. The lowest BCUT2D eigenvalue weighted by atomic mass is 10.1. The minimum atomic E-state index is 0.775. The highest BCUT2D eigenvalue weighted by atomic mass is 15.3. The molecule has 0 unspecified atom stereocenters. The Morgan fingerprint density at radius 1 is 1.08 bits per heavy atom. The number of nitrogens with two attached hydrogens (primary N) is 1. The highest BCUT2D eigenvalue weighted by Gasteiger charge is 2.20. The molecule has 3 aromatic rings. The monoisotopic (exact) mass is 335 g/mol. The van der Waals surface area contributed by atoms with E-state index in [1.54, 1.807) is 0 Å². The maximum Gasteiger partial charge on any atom is 0.140 e. The molecule has 0 saturated carbocycles. The predicted octanol–water partition coefficient (Wildman–Crippen LogP) is 2.64. The van der Waals surface area contributed by atoms with Crippen molar-refractivity contribution in [1.29, 1.82) is 0 Å². The second-order valence-electron chi connectivity index (χ2n) is 7.00. The van der Waals surface area contributed by atoms with Crippen LogP contribution in [-0.4, -0.2) is 52.4 Å². The van der Waals surface area contributed by atoms with Crippen LogP contribution in [0.15, 0.2) is 42.6 Å². The quantitative estimate of drug-likeness (QED) is 0.748. The van der Waals surface area contributed by atoms with E-state index < -0.39 is 0 Å². The van der Waals surface area contributed by atoms with Crippen LogP contribution in [-0.2, 0) is 6.54 Å². The van der Waals surface area contributed by atoms with Crippen LogP contribution in [0.2, 0.25) is 0 Å². The third-order valence-corrected chi connectivity index (χ3v) is 5.07. The van der Waals surface area contributed by atoms with Crippen molar-refractivity contribution in [2.75, 3.05) is 39.0 Å². The lowest BCUT2D eigenvalue weighted by molar-refractivity contribution is 0.147. The molecular formula is C20H25N5. The molecule has 3 heterocycles. The highest BCUT2D eigenvalue weighted by molar-refractivity contribution is 5.70. The Labute approximate surface area is 148 Å². The molecule has 5 heteroatoms. The zero-order chi connectivity index (χ0) is 17.4. The molecule has 0 atom stereocenters. The molecule has 1 aliphatic heterocycles. The first kappa shape index (κ1) is 16.1. The van der Waals surface area contributed by atoms with Gasteiger partial charge in [-0.05, 0) is 37.7 Å². The summed E-state index contributed by atoms with van der Waals surface area (Å²) < 4.78 is 2.24. The number of likely N-dealkylation sites (N-methyl/N-ethyl adjacent to an activating group) is 1. The van der Waals surface area contributed by atoms with Crippen LogP contribution in [0.25, 0.3) is 16.9 Å². The lowest BCUT2D eigenvalue weighted by Crippen LogP contribution is -2.44. The van der Waals surface area contributed by atoms with Gasteiger partial charge in [-0.15, -0.1) is 0 Å². The van der Waals surface area contributed by atoms with Crippen molar-refractivity contribution in [3.05, 3.63) is 53.9 Å². The first-order valence-corrected chi connectivity index (χ1v) is 8.85. The van der Waals surface area contributed by atoms with E-state index in [9.17, 15) is 0 Å². The maximum absolute atomic E-state index is 6.02. The minimum Gasteiger partial charge on any atom is -0.399 e. The fraction of sp³-hybridized carbons (Fsp3) is 0.350. The Hall–Kier alpha value is -2.37. The van der Waals surface area contributed by atoms with Crippen molar-refractivity contribution in [3.8, 4) is 11.3 Å². The summed E-state index contributed by atoms with van der Waals surface area (Å²) in [4.78, 5) is 9.87. The zero-order valence-electron chi connectivity index (χ0n) is 14.9. The maximum atomic E-state index is 6.02. The molecule has 0 aliphatic carbocycles. The average molecular weight is 335 g/mol. The average Bonchev–Trinajstić information content (AvgIpc) is 2.97. The summed E-state index contributed by atoms with van der Waals surface area (Å²) in [7, 11) is 2.19. The van der Waals surface area contributed by atoms with Gasteiger partial charge in [0, 0.05) is 50.2 Å². The van der Waals surface area contributed by atoms with E-state index in [0.717, 1.165) is 55.3 Å². The van der Waals surface area contributed by atoms with Crippen molar-refractivity contribution in [2.45, 2.75) is 13.5 Å². The van der Waals surface area contributed by atoms with Gasteiger partial charge in [-0.1, -0.05) is 18.2 Å². The van der Waals surface area contributed by atoms with Crippen LogP contribution < -0.4 is 5.73 Å². The zero-order valence-corrected chi connectivity index (χ0v) is 14.9. The van der Waals surface area contributed by atoms with Crippen molar-refractivity contribution >= 4 is 11.3 Å². The molecular weight excluding hydrogens is 310 g/mol. The first-order valence-electron chi connectivity index (χ1n) is 8.85. The SMILES string of the molecule is Cc1cccn2c(CN3CCN(C)CC3)c(-c3cccc(N)c3)nc12. The molecule has 4 rings (SSSR count). The van der Waals surface area contributed by atoms with E-state index in [1.165, 1.54) is 11.3 Å². The van der Waals surface area contributed by atoms with Crippen LogP contribution in [0.4, 0.5) is 5.69 Å². The van der Waals surface area contributed by atoms with Crippen LogP contribution in [0.5, 0.6) is 0 Å². The molecule has 130 valence electrons. The summed E-state index contributed by atoms with van der Waals surface area (Å²) in [6.07, 6.45) is 2.12. The molecule has 1 aromatic carbocycles. The van der Waals surface area contributed by atoms with Crippen molar-refractivity contribution in [3.63, 3.8) is 0 Å². The summed E-state index contributed by atoms with van der Waals surface area (Å²) in [5.41, 5.74) is 12.4. The van der Waals surface area contributed by atoms with E-state index in [0.29, 0.717) is 0 Å². The number of aromatic nitrogens is 2. The Morgan fingerprint density at radius 3 is 2.64 bits per heavy atom. The molecule has 1 saturated heterocycles. The number of fused-ring (bicyclic) bond motifs is 1. The van der Waals surface area contributed by atoms with Crippen LogP contribution in [0, 0.1) is 6.92 Å². The summed E-state index contributed by atoms with van der Waals surface area (Å²) in [5, 5.41) is 0. The normalized spacial score (nSPS) is 16.6. The largest absolute Gasteiger partial charge is 0.399 e. The van der Waals surface area contributed by atoms with Crippen LogP contribution in [0.3, 0.4) is 0 Å². The standard InChI is InChI=1S/C20H25N5/c1-15-5-4-8-25-18(14-24-11-9-23(2)10-12-24)19(22-20(15)25)16-6-3-7-17(21)13-16/h3-8,13H,9-12,14,21H2,1-2H3. The van der Waals surface area contributed by atoms with Crippen molar-refractivity contribution in [1.82, 2.24) is 19.2 Å². The number of nitrogens with zero attached hydrogens (tertiary/aromatic N) is 4. The fourth-order valence-corrected chi connectivity index (χ4v) is 3.54. The summed E-state index contributed by atoms with van der Waals surface area (Å²) >= 11 is 0. The fourth-order valence-electron chi connectivity index (χ4n) is 3.54. The Balaban J connectivity index is 1.80. The van der Waals surface area contributed by atoms with Crippen molar-refractivity contribution in [2.24, 2.45) is 0 Å². The third-order valence-electron chi connectivity index (χ3n) is 5.07. The van der Waals surface area contributed by atoms with Crippen LogP contribution >= 0.6 is 0 Å². The van der Waals surface area contributed by atoms with Crippen LogP contribution in [0.1, 0.15) is 11.3 Å². The molecule has 2 N–H and O–H groups in total. The number of nitrogen functional groups attached to an aromatic ring is 1. The first-order chi connectivity index (χ1) is 12.1. The van der Waals surface area contributed by atoms with Gasteiger partial charge in [0.05, 0.1) is 11.4 Å². The van der Waals surface area contributed by atoms with E-state index in [-0.39, 0.29) is 0 Å². The number of anilines is 1. The lowest BCUT2D eigenvalue weighted by Gasteiger charge is -2.32. The summed E-state index contributed by atoms with van der Waals surface area (Å²) in [6.45, 7) is 7.43. The van der Waals surface area contributed by atoms with Crippen molar-refractivity contribution < 1.29 is 0 Å². The van der Waals surface area contributed by atoms with Gasteiger partial charge in [0.25, 0.3) is 0 Å². The number of benzene rings is 1. The van der Waals surface area contributed by atoms with E-state index in [2.05, 4.69) is 52.6 Å². The molecule has 25 heavy (non-hydrogen) atoms. The smallest absolute Gasteiger partial charge is 0.140 e. The number of pyridine rings is 1. The van der Waals surface area contributed by atoms with E-state index in [4.69, 9.17) is 10.7 Å². The van der Waals surface area contributed by atoms with Gasteiger partial charge in [0.1, 0.15) is 5.65 Å². The second-order valence-corrected chi connectivity index (χ2v) is 7.00. The van der Waals surface area contributed by atoms with Gasteiger partial charge in [0.15, 0.2) is 0 Å². The summed E-state index contributed by atoms with van der Waals surface area (Å²) in [6, 6.07) is 12.3. The second kappa shape index (κ2) is 6.50. The predicted molar refractivity (Wildman–Crippen MR) is 103 cm³/mol. The summed E-state index contributed by atoms with van der Waals surface area (Å²) in [5.74, 6) is 0. The molecule has 0 spiro atoms. The van der Waals surface area contributed by atoms with E-state index in [1.807, 2.05) is 18.2 Å². The number of rotatable bonds is 3. The number of hydrogen-bond donors (Lipinski definition) is 1. The van der Waals surface area contributed by atoms with Gasteiger partial charge in [0.2, 0.25) is 0 Å². The van der Waals surface area contributed by atoms with Gasteiger partial charge in [-0.25, -0.2) is 4.98 Å². The minimum absolute atomic E-state index is 0.775. The molecule has 2 aromatic heterocycles. The van der Waals surface area contributed by atoms with Gasteiger partial charge in [-0.3, -0.25) is 4.90 Å². The molecule has 1 aliphatic rings. The highest BCUT2D eigenvalue weighted by Crippen LogP contribution is 2.28. The molecule has 0 amide bonds. The number of imidazole rings is 1. The van der Waals surface area contributed by atoms with Gasteiger partial charge < -0.3 is 15.0 Å². The molecule has 0 bridgehead atoms. The molecule has 0 radical (unpaired) electrons. The molecule has 5 nitrogen and oxygen atoms in total.